The van der Waals surface area contributed by atoms with Crippen molar-refractivity contribution >= 4 is 15.9 Å². The Balaban J connectivity index is 1.93. The van der Waals surface area contributed by atoms with Gasteiger partial charge in [-0.15, -0.1) is 0 Å². The third-order valence-electron chi connectivity index (χ3n) is 4.81. The van der Waals surface area contributed by atoms with Gasteiger partial charge < -0.3 is 10.1 Å². The maximum absolute atomic E-state index is 12.5. The molecule has 6 nitrogen and oxygen atoms in total. The Morgan fingerprint density at radius 2 is 1.95 bits per heavy atom. The highest BCUT2D eigenvalue weighted by atomic mass is 32.2. The van der Waals surface area contributed by atoms with Crippen molar-refractivity contribution in [2.45, 2.75) is 50.7 Å². The zero-order valence-corrected chi connectivity index (χ0v) is 13.8. The van der Waals surface area contributed by atoms with Gasteiger partial charge in [0.2, 0.25) is 10.0 Å². The Morgan fingerprint density at radius 3 is 2.48 bits per heavy atom. The Morgan fingerprint density at radius 1 is 1.29 bits per heavy atom. The molecule has 2 rings (SSSR count). The molecule has 2 aliphatic rings. The van der Waals surface area contributed by atoms with Crippen LogP contribution in [-0.4, -0.2) is 45.9 Å². The Hall–Kier alpha value is -0.660. The van der Waals surface area contributed by atoms with Gasteiger partial charge >= 0.3 is 0 Å². The molecule has 2 aliphatic carbocycles. The molecule has 7 heteroatoms. The summed E-state index contributed by atoms with van der Waals surface area (Å²) in [4.78, 5) is 12.5. The number of hydrogen-bond acceptors (Lipinski definition) is 4. The van der Waals surface area contributed by atoms with Gasteiger partial charge in [0, 0.05) is 19.7 Å². The molecule has 0 aromatic carbocycles. The Labute approximate surface area is 127 Å². The highest BCUT2D eigenvalue weighted by Gasteiger charge is 2.48. The third kappa shape index (κ3) is 4.17. The summed E-state index contributed by atoms with van der Waals surface area (Å²) in [7, 11) is -1.61. The molecule has 2 saturated carbocycles. The van der Waals surface area contributed by atoms with E-state index in [1.807, 2.05) is 6.92 Å². The van der Waals surface area contributed by atoms with Crippen LogP contribution in [0.2, 0.25) is 0 Å². The normalized spacial score (nSPS) is 29.1. The summed E-state index contributed by atoms with van der Waals surface area (Å²) in [6.45, 7) is 2.23. The number of carbonyl (C=O) groups excluding carboxylic acids is 1. The lowest BCUT2D eigenvalue weighted by molar-refractivity contribution is -0.145. The van der Waals surface area contributed by atoms with E-state index in [-0.39, 0.29) is 17.9 Å². The molecule has 0 aromatic heterocycles. The number of nitrogens with one attached hydrogen (secondary N) is 2. The standard InChI is InChI=1S/C14H26N2O4S/c1-14(20-2,11-7-8-11)13(17)16-12-6-4-5-10(12)9-15-21(3,18)19/h10-12,15H,4-9H2,1-3H3,(H,16,17). The second kappa shape index (κ2) is 6.22. The minimum Gasteiger partial charge on any atom is -0.368 e. The first kappa shape index (κ1) is 16.7. The van der Waals surface area contributed by atoms with Crippen LogP contribution in [-0.2, 0) is 19.6 Å². The maximum Gasteiger partial charge on any atom is 0.252 e. The fraction of sp³-hybridized carbons (Fsp3) is 0.929. The van der Waals surface area contributed by atoms with Crippen LogP contribution in [0.3, 0.4) is 0 Å². The molecular weight excluding hydrogens is 292 g/mol. The second-order valence-electron chi connectivity index (χ2n) is 6.48. The second-order valence-corrected chi connectivity index (χ2v) is 8.31. The van der Waals surface area contributed by atoms with E-state index in [9.17, 15) is 13.2 Å². The monoisotopic (exact) mass is 318 g/mol. The molecule has 2 fully saturated rings. The Kier molecular flexibility index (Phi) is 4.95. The highest BCUT2D eigenvalue weighted by molar-refractivity contribution is 7.88. The number of carbonyl (C=O) groups is 1. The van der Waals surface area contributed by atoms with Gasteiger partial charge in [0.1, 0.15) is 5.60 Å². The summed E-state index contributed by atoms with van der Waals surface area (Å²) in [6.07, 6.45) is 6.05. The first-order chi connectivity index (χ1) is 9.76. The van der Waals surface area contributed by atoms with Gasteiger partial charge in [0.05, 0.1) is 6.26 Å². The van der Waals surface area contributed by atoms with Crippen LogP contribution in [0.25, 0.3) is 0 Å². The lowest BCUT2D eigenvalue weighted by atomic mass is 9.97. The van der Waals surface area contributed by atoms with E-state index in [2.05, 4.69) is 10.0 Å². The van der Waals surface area contributed by atoms with Crippen LogP contribution in [0.4, 0.5) is 0 Å². The number of hydrogen-bond donors (Lipinski definition) is 2. The van der Waals surface area contributed by atoms with Crippen LogP contribution in [0.5, 0.6) is 0 Å². The van der Waals surface area contributed by atoms with Crippen molar-refractivity contribution in [3.05, 3.63) is 0 Å². The van der Waals surface area contributed by atoms with Gasteiger partial charge in [-0.25, -0.2) is 13.1 Å². The van der Waals surface area contributed by atoms with Crippen molar-refractivity contribution in [1.82, 2.24) is 10.0 Å². The highest BCUT2D eigenvalue weighted by Crippen LogP contribution is 2.42. The summed E-state index contributed by atoms with van der Waals surface area (Å²) < 4.78 is 30.4. The molecule has 0 radical (unpaired) electrons. The van der Waals surface area contributed by atoms with E-state index in [4.69, 9.17) is 4.74 Å². The van der Waals surface area contributed by atoms with E-state index in [0.717, 1.165) is 38.4 Å². The van der Waals surface area contributed by atoms with E-state index >= 15 is 0 Å². The van der Waals surface area contributed by atoms with Gasteiger partial charge in [-0.05, 0) is 44.4 Å². The molecule has 1 amide bonds. The van der Waals surface area contributed by atoms with Crippen LogP contribution in [0.1, 0.15) is 39.0 Å². The first-order valence-electron chi connectivity index (χ1n) is 7.57. The molecular formula is C14H26N2O4S. The molecule has 0 aliphatic heterocycles. The number of ether oxygens (including phenoxy) is 1. The first-order valence-corrected chi connectivity index (χ1v) is 9.46. The fourth-order valence-electron chi connectivity index (χ4n) is 3.12. The lowest BCUT2D eigenvalue weighted by Crippen LogP contribution is -2.52. The molecule has 0 spiro atoms. The molecule has 0 bridgehead atoms. The van der Waals surface area contributed by atoms with Crippen LogP contribution >= 0.6 is 0 Å². The maximum atomic E-state index is 12.5. The summed E-state index contributed by atoms with van der Waals surface area (Å²) >= 11 is 0. The van der Waals surface area contributed by atoms with Crippen LogP contribution in [0.15, 0.2) is 0 Å². The van der Waals surface area contributed by atoms with E-state index in [1.165, 1.54) is 0 Å². The van der Waals surface area contributed by atoms with Gasteiger partial charge in [-0.1, -0.05) is 6.42 Å². The topological polar surface area (TPSA) is 84.5 Å². The zero-order chi connectivity index (χ0) is 15.7. The van der Waals surface area contributed by atoms with Crippen LogP contribution < -0.4 is 10.0 Å². The molecule has 3 atom stereocenters. The summed E-state index contributed by atoms with van der Waals surface area (Å²) in [5.74, 6) is 0.393. The third-order valence-corrected chi connectivity index (χ3v) is 5.51. The van der Waals surface area contributed by atoms with E-state index < -0.39 is 15.6 Å². The molecule has 0 aromatic rings. The fourth-order valence-corrected chi connectivity index (χ4v) is 3.64. The van der Waals surface area contributed by atoms with Crippen molar-refractivity contribution < 1.29 is 17.9 Å². The van der Waals surface area contributed by atoms with Gasteiger partial charge in [-0.2, -0.15) is 0 Å². The van der Waals surface area contributed by atoms with Crippen molar-refractivity contribution in [1.29, 1.82) is 0 Å². The lowest BCUT2D eigenvalue weighted by Gasteiger charge is -2.30. The number of methoxy groups -OCH3 is 1. The molecule has 0 heterocycles. The summed E-state index contributed by atoms with van der Waals surface area (Å²) in [5, 5.41) is 3.08. The predicted molar refractivity (Wildman–Crippen MR) is 80.3 cm³/mol. The largest absolute Gasteiger partial charge is 0.368 e. The van der Waals surface area contributed by atoms with Gasteiger partial charge in [-0.3, -0.25) is 4.79 Å². The number of sulfonamides is 1. The predicted octanol–water partition coefficient (Wildman–Crippen LogP) is 0.636. The van der Waals surface area contributed by atoms with E-state index in [0.29, 0.717) is 12.5 Å². The summed E-state index contributed by atoms with van der Waals surface area (Å²) in [6, 6.07) is 0.0278. The molecule has 2 N–H and O–H groups in total. The molecule has 0 saturated heterocycles. The number of rotatable bonds is 7. The summed E-state index contributed by atoms with van der Waals surface area (Å²) in [5.41, 5.74) is -0.753. The average Bonchev–Trinajstić information content (AvgIpc) is 3.17. The smallest absolute Gasteiger partial charge is 0.252 e. The zero-order valence-electron chi connectivity index (χ0n) is 13.0. The minimum absolute atomic E-state index is 0.0278. The Bertz CT molecular complexity index is 489. The van der Waals surface area contributed by atoms with Crippen molar-refractivity contribution in [2.24, 2.45) is 11.8 Å². The number of amides is 1. The van der Waals surface area contributed by atoms with Crippen LogP contribution in [0, 0.1) is 11.8 Å². The van der Waals surface area contributed by atoms with Gasteiger partial charge in [0.15, 0.2) is 0 Å². The quantitative estimate of drug-likeness (QED) is 0.721. The SMILES string of the molecule is COC(C)(C(=O)NC1CCCC1CNS(C)(=O)=O)C1CC1. The average molecular weight is 318 g/mol. The molecule has 3 unspecified atom stereocenters. The van der Waals surface area contributed by atoms with E-state index in [1.54, 1.807) is 7.11 Å². The van der Waals surface area contributed by atoms with Gasteiger partial charge in [0.25, 0.3) is 5.91 Å². The molecule has 122 valence electrons. The minimum atomic E-state index is -3.19. The van der Waals surface area contributed by atoms with Crippen molar-refractivity contribution in [3.8, 4) is 0 Å². The van der Waals surface area contributed by atoms with Crippen molar-refractivity contribution in [2.75, 3.05) is 19.9 Å². The molecule has 21 heavy (non-hydrogen) atoms. The van der Waals surface area contributed by atoms with Crippen molar-refractivity contribution in [3.63, 3.8) is 0 Å².